The summed E-state index contributed by atoms with van der Waals surface area (Å²) in [6.07, 6.45) is 6.04. The lowest BCUT2D eigenvalue weighted by atomic mass is 9.83. The Morgan fingerprint density at radius 1 is 1.18 bits per heavy atom. The molecule has 0 bridgehead atoms. The van der Waals surface area contributed by atoms with Gasteiger partial charge in [0.05, 0.1) is 17.9 Å². The molecule has 5 rings (SSSR count). The first-order valence-electron chi connectivity index (χ1n) is 9.09. The molecule has 1 saturated heterocycles. The van der Waals surface area contributed by atoms with Gasteiger partial charge in [0.2, 0.25) is 5.91 Å². The number of rotatable bonds is 3. The largest absolute Gasteiger partial charge is 0.442 e. The lowest BCUT2D eigenvalue weighted by Crippen LogP contribution is -2.36. The van der Waals surface area contributed by atoms with Crippen molar-refractivity contribution in [1.82, 2.24) is 20.3 Å². The van der Waals surface area contributed by atoms with E-state index in [2.05, 4.69) is 20.3 Å². The minimum atomic E-state index is -0.115. The van der Waals surface area contributed by atoms with Crippen LogP contribution in [0.3, 0.4) is 0 Å². The molecule has 0 radical (unpaired) electrons. The van der Waals surface area contributed by atoms with Crippen molar-refractivity contribution < 1.29 is 9.21 Å². The number of hydrogen-bond acceptors (Lipinski definition) is 4. The molecule has 3 aromatic heterocycles. The van der Waals surface area contributed by atoms with Crippen LogP contribution < -0.4 is 5.32 Å². The number of aromatic nitrogens is 3. The van der Waals surface area contributed by atoms with Crippen molar-refractivity contribution in [3.05, 3.63) is 71.3 Å². The van der Waals surface area contributed by atoms with Crippen LogP contribution in [0.15, 0.2) is 59.6 Å². The maximum atomic E-state index is 12.5. The van der Waals surface area contributed by atoms with Gasteiger partial charge >= 0.3 is 0 Å². The summed E-state index contributed by atoms with van der Waals surface area (Å²) in [7, 11) is 0. The molecule has 1 aliphatic heterocycles. The minimum absolute atomic E-state index is 0.0251. The van der Waals surface area contributed by atoms with E-state index >= 15 is 0 Å². The number of oxazole rings is 1. The SMILES string of the molecule is O=C1CC(c2ccnc3[nH]c(-c4cnco4)cc23)CC(c2ccccc2Cl)N1. The average molecular weight is 393 g/mol. The molecule has 0 saturated carbocycles. The van der Waals surface area contributed by atoms with Crippen LogP contribution in [0.2, 0.25) is 5.02 Å². The number of nitrogens with zero attached hydrogens (tertiary/aromatic N) is 2. The van der Waals surface area contributed by atoms with Crippen LogP contribution in [0.25, 0.3) is 22.5 Å². The van der Waals surface area contributed by atoms with Crippen molar-refractivity contribution in [3.63, 3.8) is 0 Å². The number of benzene rings is 1. The molecule has 1 aliphatic rings. The maximum absolute atomic E-state index is 12.5. The highest BCUT2D eigenvalue weighted by Gasteiger charge is 2.31. The number of piperidine rings is 1. The van der Waals surface area contributed by atoms with E-state index in [1.54, 1.807) is 12.4 Å². The molecule has 6 nitrogen and oxygen atoms in total. The molecular formula is C21H17ClN4O2. The molecular weight excluding hydrogens is 376 g/mol. The zero-order valence-corrected chi connectivity index (χ0v) is 15.6. The number of fused-ring (bicyclic) bond motifs is 1. The Labute approximate surface area is 166 Å². The number of aromatic amines is 1. The second kappa shape index (κ2) is 6.80. The number of H-pyrrole nitrogens is 1. The van der Waals surface area contributed by atoms with E-state index in [4.69, 9.17) is 16.0 Å². The lowest BCUT2D eigenvalue weighted by molar-refractivity contribution is -0.123. The number of carbonyl (C=O) groups excluding carboxylic acids is 1. The van der Waals surface area contributed by atoms with Crippen molar-refractivity contribution in [2.24, 2.45) is 0 Å². The number of halogens is 1. The molecule has 0 spiro atoms. The van der Waals surface area contributed by atoms with Crippen molar-refractivity contribution in [2.45, 2.75) is 24.8 Å². The van der Waals surface area contributed by atoms with Crippen LogP contribution in [0, 0.1) is 0 Å². The monoisotopic (exact) mass is 392 g/mol. The molecule has 140 valence electrons. The predicted molar refractivity (Wildman–Crippen MR) is 106 cm³/mol. The maximum Gasteiger partial charge on any atom is 0.221 e. The number of nitrogens with one attached hydrogen (secondary N) is 2. The topological polar surface area (TPSA) is 83.8 Å². The van der Waals surface area contributed by atoms with Crippen molar-refractivity contribution in [1.29, 1.82) is 0 Å². The highest BCUT2D eigenvalue weighted by molar-refractivity contribution is 6.31. The van der Waals surface area contributed by atoms with E-state index in [0.29, 0.717) is 17.2 Å². The van der Waals surface area contributed by atoms with Gasteiger partial charge in [0.1, 0.15) is 5.65 Å². The van der Waals surface area contributed by atoms with Gasteiger partial charge in [-0.3, -0.25) is 4.79 Å². The highest BCUT2D eigenvalue weighted by Crippen LogP contribution is 2.39. The first-order chi connectivity index (χ1) is 13.7. The van der Waals surface area contributed by atoms with Crippen molar-refractivity contribution in [2.75, 3.05) is 0 Å². The first-order valence-corrected chi connectivity index (χ1v) is 9.47. The van der Waals surface area contributed by atoms with Gasteiger partial charge in [0.25, 0.3) is 0 Å². The summed E-state index contributed by atoms with van der Waals surface area (Å²) in [4.78, 5) is 24.2. The number of amides is 1. The second-order valence-electron chi connectivity index (χ2n) is 6.99. The van der Waals surface area contributed by atoms with Crippen molar-refractivity contribution in [3.8, 4) is 11.5 Å². The van der Waals surface area contributed by atoms with Gasteiger partial charge in [-0.05, 0) is 41.7 Å². The van der Waals surface area contributed by atoms with E-state index in [1.165, 1.54) is 6.39 Å². The molecule has 0 aliphatic carbocycles. The standard InChI is InChI=1S/C21H17ClN4O2/c22-16-4-2-1-3-14(16)17-7-12(8-20(27)25-17)13-5-6-24-21-15(13)9-18(26-21)19-10-23-11-28-19/h1-6,9-12,17H,7-8H2,(H,24,26)(H,25,27). The fourth-order valence-corrected chi connectivity index (χ4v) is 4.26. The molecule has 2 N–H and O–H groups in total. The molecule has 28 heavy (non-hydrogen) atoms. The molecule has 4 aromatic rings. The third kappa shape index (κ3) is 2.96. The van der Waals surface area contributed by atoms with Gasteiger partial charge in [-0.25, -0.2) is 9.97 Å². The first kappa shape index (κ1) is 17.0. The van der Waals surface area contributed by atoms with E-state index < -0.39 is 0 Å². The fourth-order valence-electron chi connectivity index (χ4n) is 3.99. The summed E-state index contributed by atoms with van der Waals surface area (Å²) >= 11 is 6.37. The van der Waals surface area contributed by atoms with Gasteiger partial charge in [0, 0.05) is 23.0 Å². The van der Waals surface area contributed by atoms with E-state index in [9.17, 15) is 4.79 Å². The second-order valence-corrected chi connectivity index (χ2v) is 7.40. The van der Waals surface area contributed by atoms with Gasteiger partial charge in [-0.2, -0.15) is 0 Å². The quantitative estimate of drug-likeness (QED) is 0.533. The zero-order valence-electron chi connectivity index (χ0n) is 14.9. The molecule has 1 fully saturated rings. The highest BCUT2D eigenvalue weighted by atomic mass is 35.5. The molecule has 1 aromatic carbocycles. The van der Waals surface area contributed by atoms with Gasteiger partial charge in [-0.15, -0.1) is 0 Å². The molecule has 7 heteroatoms. The van der Waals surface area contributed by atoms with Crippen LogP contribution >= 0.6 is 11.6 Å². The minimum Gasteiger partial charge on any atom is -0.442 e. The van der Waals surface area contributed by atoms with Crippen LogP contribution in [0.1, 0.15) is 35.9 Å². The van der Waals surface area contributed by atoms with Crippen molar-refractivity contribution >= 4 is 28.5 Å². The molecule has 1 amide bonds. The van der Waals surface area contributed by atoms with E-state index in [1.807, 2.05) is 36.4 Å². The average Bonchev–Trinajstić information content (AvgIpc) is 3.37. The van der Waals surface area contributed by atoms with Crippen LogP contribution in [0.4, 0.5) is 0 Å². The Morgan fingerprint density at radius 2 is 2.07 bits per heavy atom. The summed E-state index contributed by atoms with van der Waals surface area (Å²) in [5.41, 5.74) is 3.63. The summed E-state index contributed by atoms with van der Waals surface area (Å²) < 4.78 is 5.39. The van der Waals surface area contributed by atoms with Crippen LogP contribution in [-0.4, -0.2) is 20.9 Å². The Hall–Kier alpha value is -3.12. The smallest absolute Gasteiger partial charge is 0.221 e. The lowest BCUT2D eigenvalue weighted by Gasteiger charge is -2.31. The number of pyridine rings is 1. The third-order valence-corrected chi connectivity index (χ3v) is 5.62. The summed E-state index contributed by atoms with van der Waals surface area (Å²) in [5.74, 6) is 0.746. The van der Waals surface area contributed by atoms with Gasteiger partial charge < -0.3 is 14.7 Å². The Morgan fingerprint density at radius 3 is 2.89 bits per heavy atom. The van der Waals surface area contributed by atoms with E-state index in [0.717, 1.165) is 34.3 Å². The predicted octanol–water partition coefficient (Wildman–Crippen LogP) is 4.61. The molecule has 4 heterocycles. The van der Waals surface area contributed by atoms with Gasteiger partial charge in [-0.1, -0.05) is 29.8 Å². The Kier molecular flexibility index (Phi) is 4.13. The number of hydrogen-bond donors (Lipinski definition) is 2. The number of carbonyl (C=O) groups is 1. The fraction of sp³-hybridized carbons (Fsp3) is 0.190. The zero-order chi connectivity index (χ0) is 19.1. The van der Waals surface area contributed by atoms with E-state index in [-0.39, 0.29) is 17.9 Å². The molecule has 2 atom stereocenters. The Balaban J connectivity index is 1.54. The normalized spacial score (nSPS) is 19.7. The summed E-state index contributed by atoms with van der Waals surface area (Å²) in [5, 5.41) is 4.74. The van der Waals surface area contributed by atoms with Crippen LogP contribution in [0.5, 0.6) is 0 Å². The van der Waals surface area contributed by atoms with Crippen LogP contribution in [-0.2, 0) is 4.79 Å². The third-order valence-electron chi connectivity index (χ3n) is 5.27. The Bertz CT molecular complexity index is 1150. The summed E-state index contributed by atoms with van der Waals surface area (Å²) in [6.45, 7) is 0. The van der Waals surface area contributed by atoms with Gasteiger partial charge in [0.15, 0.2) is 12.2 Å². The summed E-state index contributed by atoms with van der Waals surface area (Å²) in [6, 6.07) is 11.5. The molecule has 2 unspecified atom stereocenters.